The van der Waals surface area contributed by atoms with E-state index in [1.54, 1.807) is 12.3 Å². The van der Waals surface area contributed by atoms with Gasteiger partial charge in [-0.1, -0.05) is 0 Å². The van der Waals surface area contributed by atoms with Crippen molar-refractivity contribution in [1.82, 2.24) is 4.90 Å². The van der Waals surface area contributed by atoms with E-state index < -0.39 is 11.9 Å². The zero-order valence-electron chi connectivity index (χ0n) is 9.67. The molecule has 94 valence electrons. The Morgan fingerprint density at radius 1 is 1.47 bits per heavy atom. The van der Waals surface area contributed by atoms with E-state index >= 15 is 0 Å². The van der Waals surface area contributed by atoms with Crippen molar-refractivity contribution in [3.8, 4) is 0 Å². The van der Waals surface area contributed by atoms with E-state index in [4.69, 9.17) is 9.15 Å². The third-order valence-corrected chi connectivity index (χ3v) is 2.96. The van der Waals surface area contributed by atoms with Gasteiger partial charge in [0.2, 0.25) is 0 Å². The van der Waals surface area contributed by atoms with Crippen molar-refractivity contribution in [2.45, 2.75) is 6.42 Å². The molecule has 1 atom stereocenters. The molecule has 0 amide bonds. The Hall–Kier alpha value is -1.33. The average Bonchev–Trinajstić information content (AvgIpc) is 2.82. The van der Waals surface area contributed by atoms with Gasteiger partial charge in [-0.2, -0.15) is 0 Å². The summed E-state index contributed by atoms with van der Waals surface area (Å²) in [5, 5.41) is 9.20. The number of hydrogen-bond acceptors (Lipinski definition) is 4. The van der Waals surface area contributed by atoms with Gasteiger partial charge < -0.3 is 14.3 Å². The molecule has 5 heteroatoms. The Kier molecular flexibility index (Phi) is 4.17. The van der Waals surface area contributed by atoms with E-state index in [2.05, 4.69) is 4.90 Å². The molecule has 1 saturated heterocycles. The number of carboxylic acid groups (broad SMARTS) is 1. The second-order valence-electron chi connectivity index (χ2n) is 4.23. The Bertz CT molecular complexity index is 343. The van der Waals surface area contributed by atoms with Crippen LogP contribution < -0.4 is 0 Å². The van der Waals surface area contributed by atoms with E-state index in [1.165, 1.54) is 0 Å². The monoisotopic (exact) mass is 239 g/mol. The van der Waals surface area contributed by atoms with Crippen LogP contribution in [0.15, 0.2) is 22.8 Å². The van der Waals surface area contributed by atoms with E-state index in [0.717, 1.165) is 18.8 Å². The predicted octanol–water partition coefficient (Wildman–Crippen LogP) is 0.855. The summed E-state index contributed by atoms with van der Waals surface area (Å²) in [5.74, 6) is -0.460. The van der Waals surface area contributed by atoms with E-state index in [1.807, 2.05) is 6.07 Å². The minimum Gasteiger partial charge on any atom is -0.481 e. The van der Waals surface area contributed by atoms with E-state index in [-0.39, 0.29) is 0 Å². The zero-order chi connectivity index (χ0) is 12.1. The lowest BCUT2D eigenvalue weighted by Gasteiger charge is -2.28. The van der Waals surface area contributed by atoms with Crippen LogP contribution in [0, 0.1) is 5.92 Å². The first kappa shape index (κ1) is 12.1. The molecule has 1 aromatic rings. The summed E-state index contributed by atoms with van der Waals surface area (Å²) in [6.07, 6.45) is 2.02. The van der Waals surface area contributed by atoms with Crippen molar-refractivity contribution in [2.75, 3.05) is 32.8 Å². The van der Waals surface area contributed by atoms with Crippen molar-refractivity contribution in [3.63, 3.8) is 0 Å². The summed E-state index contributed by atoms with van der Waals surface area (Å²) >= 11 is 0. The summed E-state index contributed by atoms with van der Waals surface area (Å²) in [6.45, 7) is 3.55. The first-order chi connectivity index (χ1) is 8.25. The number of hydrogen-bond donors (Lipinski definition) is 1. The molecule has 1 fully saturated rings. The van der Waals surface area contributed by atoms with Gasteiger partial charge in [-0.05, 0) is 12.1 Å². The lowest BCUT2D eigenvalue weighted by molar-refractivity contribution is -0.142. The molecule has 0 saturated carbocycles. The van der Waals surface area contributed by atoms with Crippen molar-refractivity contribution < 1.29 is 19.1 Å². The molecule has 1 N–H and O–H groups in total. The lowest BCUT2D eigenvalue weighted by atomic mass is 10.0. The number of ether oxygens (including phenoxy) is 1. The van der Waals surface area contributed by atoms with Crippen LogP contribution >= 0.6 is 0 Å². The molecule has 1 unspecified atom stereocenters. The largest absolute Gasteiger partial charge is 0.481 e. The topological polar surface area (TPSA) is 62.9 Å². The fourth-order valence-corrected chi connectivity index (χ4v) is 2.00. The van der Waals surface area contributed by atoms with Crippen LogP contribution in [-0.2, 0) is 16.0 Å². The molecule has 0 aromatic carbocycles. The van der Waals surface area contributed by atoms with E-state index in [9.17, 15) is 9.90 Å². The standard InChI is InChI=1S/C12H17NO4/c14-12(15)10(8-11-2-1-5-17-11)9-13-3-6-16-7-4-13/h1-2,5,10H,3-4,6-9H2,(H,14,15). The first-order valence-electron chi connectivity index (χ1n) is 5.81. The van der Waals surface area contributed by atoms with Crippen molar-refractivity contribution in [1.29, 1.82) is 0 Å². The normalized spacial score (nSPS) is 19.1. The molecule has 0 aliphatic carbocycles. The Labute approximate surface area is 100.0 Å². The first-order valence-corrected chi connectivity index (χ1v) is 5.81. The Balaban J connectivity index is 1.90. The summed E-state index contributed by atoms with van der Waals surface area (Å²) < 4.78 is 10.4. The highest BCUT2D eigenvalue weighted by atomic mass is 16.5. The number of carboxylic acids is 1. The highest BCUT2D eigenvalue weighted by Gasteiger charge is 2.23. The number of carbonyl (C=O) groups is 1. The molecule has 0 radical (unpaired) electrons. The molecule has 1 aliphatic rings. The highest BCUT2D eigenvalue weighted by molar-refractivity contribution is 5.70. The van der Waals surface area contributed by atoms with Gasteiger partial charge in [0.25, 0.3) is 0 Å². The van der Waals surface area contributed by atoms with Crippen LogP contribution in [0.3, 0.4) is 0 Å². The number of aliphatic carboxylic acids is 1. The number of morpholine rings is 1. The number of rotatable bonds is 5. The fraction of sp³-hybridized carbons (Fsp3) is 0.583. The molecule has 1 aliphatic heterocycles. The molecule has 5 nitrogen and oxygen atoms in total. The third kappa shape index (κ3) is 3.57. The summed E-state index contributed by atoms with van der Waals surface area (Å²) in [6, 6.07) is 3.60. The van der Waals surface area contributed by atoms with Crippen LogP contribution in [0.4, 0.5) is 0 Å². The lowest BCUT2D eigenvalue weighted by Crippen LogP contribution is -2.41. The van der Waals surface area contributed by atoms with Gasteiger partial charge in [0.15, 0.2) is 0 Å². The summed E-state index contributed by atoms with van der Waals surface area (Å²) in [5.41, 5.74) is 0. The highest BCUT2D eigenvalue weighted by Crippen LogP contribution is 2.12. The minimum absolute atomic E-state index is 0.417. The van der Waals surface area contributed by atoms with Gasteiger partial charge in [-0.25, -0.2) is 0 Å². The molecule has 0 bridgehead atoms. The fourth-order valence-electron chi connectivity index (χ4n) is 2.00. The maximum Gasteiger partial charge on any atom is 0.308 e. The Morgan fingerprint density at radius 2 is 2.24 bits per heavy atom. The molecule has 1 aromatic heterocycles. The average molecular weight is 239 g/mol. The maximum absolute atomic E-state index is 11.2. The SMILES string of the molecule is O=C(O)C(Cc1ccco1)CN1CCOCC1. The zero-order valence-corrected chi connectivity index (χ0v) is 9.67. The van der Waals surface area contributed by atoms with Gasteiger partial charge in [0.1, 0.15) is 5.76 Å². The minimum atomic E-state index is -0.770. The number of nitrogens with zero attached hydrogens (tertiary/aromatic N) is 1. The van der Waals surface area contributed by atoms with Crippen LogP contribution in [0.2, 0.25) is 0 Å². The molecule has 2 heterocycles. The second-order valence-corrected chi connectivity index (χ2v) is 4.23. The summed E-state index contributed by atoms with van der Waals surface area (Å²) in [7, 11) is 0. The molecule has 17 heavy (non-hydrogen) atoms. The second kappa shape index (κ2) is 5.84. The number of furan rings is 1. The van der Waals surface area contributed by atoms with Crippen LogP contribution in [0.5, 0.6) is 0 Å². The quantitative estimate of drug-likeness (QED) is 0.825. The molecular weight excluding hydrogens is 222 g/mol. The third-order valence-electron chi connectivity index (χ3n) is 2.96. The summed E-state index contributed by atoms with van der Waals surface area (Å²) in [4.78, 5) is 13.3. The van der Waals surface area contributed by atoms with Gasteiger partial charge in [0, 0.05) is 26.1 Å². The van der Waals surface area contributed by atoms with Gasteiger partial charge in [-0.15, -0.1) is 0 Å². The smallest absolute Gasteiger partial charge is 0.308 e. The predicted molar refractivity (Wildman–Crippen MR) is 60.8 cm³/mol. The molecule has 0 spiro atoms. The van der Waals surface area contributed by atoms with Gasteiger partial charge in [-0.3, -0.25) is 9.69 Å². The maximum atomic E-state index is 11.2. The van der Waals surface area contributed by atoms with Crippen molar-refractivity contribution in [3.05, 3.63) is 24.2 Å². The Morgan fingerprint density at radius 3 is 2.82 bits per heavy atom. The van der Waals surface area contributed by atoms with Crippen LogP contribution in [0.1, 0.15) is 5.76 Å². The van der Waals surface area contributed by atoms with Crippen LogP contribution in [-0.4, -0.2) is 48.8 Å². The molecular formula is C12H17NO4. The van der Waals surface area contributed by atoms with Crippen molar-refractivity contribution >= 4 is 5.97 Å². The van der Waals surface area contributed by atoms with Crippen molar-refractivity contribution in [2.24, 2.45) is 5.92 Å². The molecule has 2 rings (SSSR count). The van der Waals surface area contributed by atoms with Gasteiger partial charge in [0.05, 0.1) is 25.4 Å². The van der Waals surface area contributed by atoms with Gasteiger partial charge >= 0.3 is 5.97 Å². The van der Waals surface area contributed by atoms with E-state index in [0.29, 0.717) is 26.2 Å². The van der Waals surface area contributed by atoms with Crippen LogP contribution in [0.25, 0.3) is 0 Å².